The number of benzene rings is 2. The van der Waals surface area contributed by atoms with Crippen molar-refractivity contribution in [1.82, 2.24) is 10.6 Å². The molecule has 0 aromatic heterocycles. The molecule has 3 amide bonds. The Kier molecular flexibility index (Phi) is 9.53. The van der Waals surface area contributed by atoms with Crippen LogP contribution in [0.25, 0.3) is 0 Å². The molecule has 0 aliphatic heterocycles. The van der Waals surface area contributed by atoms with Gasteiger partial charge in [0.05, 0.1) is 0 Å². The number of alkyl carbamates (subject to hydrolysis) is 1. The van der Waals surface area contributed by atoms with E-state index in [4.69, 9.17) is 16.3 Å². The molecule has 7 nitrogen and oxygen atoms in total. The molecule has 2 rings (SSSR count). The molecule has 32 heavy (non-hydrogen) atoms. The SMILES string of the molecule is CC(C)(C)OC(=O)NCCC(=O)NCc1cccc(NC(=O)CCc2ccc(Cl)cc2)c1. The van der Waals surface area contributed by atoms with Crippen molar-refractivity contribution in [2.24, 2.45) is 0 Å². The number of ether oxygens (including phenoxy) is 1. The summed E-state index contributed by atoms with van der Waals surface area (Å²) in [6, 6.07) is 14.7. The maximum Gasteiger partial charge on any atom is 0.407 e. The van der Waals surface area contributed by atoms with E-state index in [-0.39, 0.29) is 24.8 Å². The lowest BCUT2D eigenvalue weighted by Crippen LogP contribution is -2.35. The standard InChI is InChI=1S/C24H30ClN3O4/c1-24(2,3)32-23(31)26-14-13-21(29)27-16-18-5-4-6-20(15-18)28-22(30)12-9-17-7-10-19(25)11-8-17/h4-8,10-11,15H,9,12-14,16H2,1-3H3,(H,26,31)(H,27,29)(H,28,30). The number of hydrogen-bond acceptors (Lipinski definition) is 4. The van der Waals surface area contributed by atoms with Crippen LogP contribution < -0.4 is 16.0 Å². The number of anilines is 1. The highest BCUT2D eigenvalue weighted by Gasteiger charge is 2.15. The minimum atomic E-state index is -0.581. The van der Waals surface area contributed by atoms with Gasteiger partial charge in [-0.1, -0.05) is 35.9 Å². The molecule has 2 aromatic rings. The number of nitrogens with one attached hydrogen (secondary N) is 3. The summed E-state index contributed by atoms with van der Waals surface area (Å²) in [4.78, 5) is 35.8. The lowest BCUT2D eigenvalue weighted by molar-refractivity contribution is -0.121. The summed E-state index contributed by atoms with van der Waals surface area (Å²) in [5.41, 5.74) is 1.99. The molecule has 0 atom stereocenters. The predicted octanol–water partition coefficient (Wildman–Crippen LogP) is 4.44. The third-order valence-electron chi connectivity index (χ3n) is 4.27. The van der Waals surface area contributed by atoms with Crippen LogP contribution in [0, 0.1) is 0 Å². The van der Waals surface area contributed by atoms with E-state index in [1.165, 1.54) is 0 Å². The van der Waals surface area contributed by atoms with Crippen LogP contribution in [0.1, 0.15) is 44.7 Å². The first-order chi connectivity index (χ1) is 15.1. The molecule has 0 fully saturated rings. The zero-order valence-electron chi connectivity index (χ0n) is 18.7. The second kappa shape index (κ2) is 12.1. The molecule has 2 aromatic carbocycles. The summed E-state index contributed by atoms with van der Waals surface area (Å²) in [7, 11) is 0. The van der Waals surface area contributed by atoms with E-state index in [0.29, 0.717) is 30.1 Å². The zero-order chi connectivity index (χ0) is 23.6. The third kappa shape index (κ3) is 10.3. The van der Waals surface area contributed by atoms with E-state index in [2.05, 4.69) is 16.0 Å². The fraction of sp³-hybridized carbons (Fsp3) is 0.375. The lowest BCUT2D eigenvalue weighted by atomic mass is 10.1. The van der Waals surface area contributed by atoms with Gasteiger partial charge in [0.1, 0.15) is 5.60 Å². The van der Waals surface area contributed by atoms with Crippen LogP contribution in [-0.4, -0.2) is 30.1 Å². The average molecular weight is 460 g/mol. The summed E-state index contributed by atoms with van der Waals surface area (Å²) in [5.74, 6) is -0.284. The minimum Gasteiger partial charge on any atom is -0.444 e. The molecule has 0 aliphatic carbocycles. The largest absolute Gasteiger partial charge is 0.444 e. The fourth-order valence-corrected chi connectivity index (χ4v) is 2.90. The molecule has 0 aliphatic rings. The summed E-state index contributed by atoms with van der Waals surface area (Å²) >= 11 is 5.87. The molecule has 0 saturated carbocycles. The highest BCUT2D eigenvalue weighted by molar-refractivity contribution is 6.30. The van der Waals surface area contributed by atoms with E-state index < -0.39 is 11.7 Å². The molecule has 0 spiro atoms. The summed E-state index contributed by atoms with van der Waals surface area (Å²) in [6.45, 7) is 5.82. The van der Waals surface area contributed by atoms with Gasteiger partial charge in [0.15, 0.2) is 0 Å². The Morgan fingerprint density at radius 3 is 2.31 bits per heavy atom. The van der Waals surface area contributed by atoms with Gasteiger partial charge in [-0.25, -0.2) is 4.79 Å². The Morgan fingerprint density at radius 2 is 1.62 bits per heavy atom. The van der Waals surface area contributed by atoms with E-state index in [9.17, 15) is 14.4 Å². The van der Waals surface area contributed by atoms with Crippen LogP contribution in [0.4, 0.5) is 10.5 Å². The number of carbonyl (C=O) groups is 3. The average Bonchev–Trinajstić information content (AvgIpc) is 2.71. The molecular formula is C24H30ClN3O4. The molecule has 0 saturated heterocycles. The Balaban J connectivity index is 1.71. The first-order valence-electron chi connectivity index (χ1n) is 10.5. The Morgan fingerprint density at radius 1 is 0.906 bits per heavy atom. The Labute approximate surface area is 193 Å². The van der Waals surface area contributed by atoms with Crippen LogP contribution in [0.2, 0.25) is 5.02 Å². The van der Waals surface area contributed by atoms with Crippen molar-refractivity contribution in [1.29, 1.82) is 0 Å². The second-order valence-electron chi connectivity index (χ2n) is 8.33. The monoisotopic (exact) mass is 459 g/mol. The molecule has 172 valence electrons. The van der Waals surface area contributed by atoms with Crippen LogP contribution >= 0.6 is 11.6 Å². The van der Waals surface area contributed by atoms with E-state index in [0.717, 1.165) is 11.1 Å². The number of amides is 3. The predicted molar refractivity (Wildman–Crippen MR) is 126 cm³/mol. The molecule has 0 heterocycles. The van der Waals surface area contributed by atoms with E-state index in [1.54, 1.807) is 39.0 Å². The lowest BCUT2D eigenvalue weighted by Gasteiger charge is -2.19. The van der Waals surface area contributed by atoms with E-state index in [1.807, 2.05) is 30.3 Å². The van der Waals surface area contributed by atoms with Crippen molar-refractivity contribution in [3.8, 4) is 0 Å². The van der Waals surface area contributed by atoms with Crippen molar-refractivity contribution in [2.45, 2.75) is 52.2 Å². The van der Waals surface area contributed by atoms with Crippen molar-refractivity contribution in [3.63, 3.8) is 0 Å². The van der Waals surface area contributed by atoms with Gasteiger partial charge in [0, 0.05) is 36.6 Å². The number of rotatable bonds is 9. The first kappa shape index (κ1) is 25.2. The van der Waals surface area contributed by atoms with Gasteiger partial charge < -0.3 is 20.7 Å². The normalized spacial score (nSPS) is 10.9. The van der Waals surface area contributed by atoms with Crippen molar-refractivity contribution in [3.05, 3.63) is 64.7 Å². The molecular weight excluding hydrogens is 430 g/mol. The van der Waals surface area contributed by atoms with Gasteiger partial charge in [-0.15, -0.1) is 0 Å². The van der Waals surface area contributed by atoms with E-state index >= 15 is 0 Å². The first-order valence-corrected chi connectivity index (χ1v) is 10.9. The van der Waals surface area contributed by atoms with Gasteiger partial charge in [0.2, 0.25) is 11.8 Å². The third-order valence-corrected chi connectivity index (χ3v) is 4.53. The van der Waals surface area contributed by atoms with Crippen molar-refractivity contribution in [2.75, 3.05) is 11.9 Å². The van der Waals surface area contributed by atoms with Crippen molar-refractivity contribution >= 4 is 35.2 Å². The minimum absolute atomic E-state index is 0.0886. The summed E-state index contributed by atoms with van der Waals surface area (Å²) in [5, 5.41) is 8.89. The second-order valence-corrected chi connectivity index (χ2v) is 8.77. The smallest absolute Gasteiger partial charge is 0.407 e. The van der Waals surface area contributed by atoms with Crippen LogP contribution in [-0.2, 0) is 27.3 Å². The Bertz CT molecular complexity index is 924. The van der Waals surface area contributed by atoms with Crippen LogP contribution in [0.15, 0.2) is 48.5 Å². The van der Waals surface area contributed by atoms with Gasteiger partial charge in [-0.3, -0.25) is 9.59 Å². The summed E-state index contributed by atoms with van der Waals surface area (Å²) < 4.78 is 5.12. The topological polar surface area (TPSA) is 96.5 Å². The quantitative estimate of drug-likeness (QED) is 0.516. The molecule has 8 heteroatoms. The van der Waals surface area contributed by atoms with Gasteiger partial charge >= 0.3 is 6.09 Å². The number of halogens is 1. The van der Waals surface area contributed by atoms with Crippen LogP contribution in [0.5, 0.6) is 0 Å². The maximum atomic E-state index is 12.2. The van der Waals surface area contributed by atoms with Crippen molar-refractivity contribution < 1.29 is 19.1 Å². The van der Waals surface area contributed by atoms with Gasteiger partial charge in [-0.05, 0) is 62.6 Å². The summed E-state index contributed by atoms with van der Waals surface area (Å²) in [6.07, 6.45) is 0.564. The Hall–Kier alpha value is -3.06. The number of carbonyl (C=O) groups excluding carboxylic acids is 3. The zero-order valence-corrected chi connectivity index (χ0v) is 19.4. The number of aryl methyl sites for hydroxylation is 1. The van der Waals surface area contributed by atoms with Crippen LogP contribution in [0.3, 0.4) is 0 Å². The maximum absolute atomic E-state index is 12.2. The fourth-order valence-electron chi connectivity index (χ4n) is 2.77. The van der Waals surface area contributed by atoms with Gasteiger partial charge in [-0.2, -0.15) is 0 Å². The van der Waals surface area contributed by atoms with Gasteiger partial charge in [0.25, 0.3) is 0 Å². The number of hydrogen-bond donors (Lipinski definition) is 3. The highest BCUT2D eigenvalue weighted by Crippen LogP contribution is 2.14. The highest BCUT2D eigenvalue weighted by atomic mass is 35.5. The molecule has 3 N–H and O–H groups in total. The molecule has 0 radical (unpaired) electrons. The molecule has 0 bridgehead atoms. The molecule has 0 unspecified atom stereocenters.